The first-order valence-electron chi connectivity index (χ1n) is 7.58. The number of amides is 1. The van der Waals surface area contributed by atoms with Crippen molar-refractivity contribution in [2.45, 2.75) is 33.2 Å². The third kappa shape index (κ3) is 3.60. The van der Waals surface area contributed by atoms with Gasteiger partial charge in [-0.1, -0.05) is 23.7 Å². The summed E-state index contributed by atoms with van der Waals surface area (Å²) in [7, 11) is 2.83. The van der Waals surface area contributed by atoms with Gasteiger partial charge in [0.1, 0.15) is 5.56 Å². The quantitative estimate of drug-likeness (QED) is 0.773. The zero-order chi connectivity index (χ0) is 18.0. The van der Waals surface area contributed by atoms with Crippen molar-refractivity contribution in [1.82, 2.24) is 14.8 Å². The lowest BCUT2D eigenvalue weighted by Gasteiger charge is -2.26. The van der Waals surface area contributed by atoms with Gasteiger partial charge in [-0.15, -0.1) is 0 Å². The van der Waals surface area contributed by atoms with Crippen LogP contribution < -0.4 is 0 Å². The molecule has 24 heavy (non-hydrogen) atoms. The summed E-state index contributed by atoms with van der Waals surface area (Å²) in [6, 6.07) is 5.41. The number of rotatable bonds is 5. The normalized spacial score (nSPS) is 12.3. The molecule has 0 N–H and O–H groups in total. The van der Waals surface area contributed by atoms with Crippen LogP contribution in [0.2, 0.25) is 5.02 Å². The predicted octanol–water partition coefficient (Wildman–Crippen LogP) is 3.46. The Morgan fingerprint density at radius 1 is 1.46 bits per heavy atom. The summed E-state index contributed by atoms with van der Waals surface area (Å²) in [5.41, 5.74) is 2.20. The summed E-state index contributed by atoms with van der Waals surface area (Å²) in [6.07, 6.45) is 0.486. The van der Waals surface area contributed by atoms with Crippen LogP contribution in [0.4, 0.5) is 4.39 Å². The zero-order valence-electron chi connectivity index (χ0n) is 14.4. The topological polar surface area (TPSA) is 47.4 Å². The Balaban J connectivity index is 2.25. The van der Waals surface area contributed by atoms with Crippen molar-refractivity contribution in [2.24, 2.45) is 7.05 Å². The van der Waals surface area contributed by atoms with E-state index in [1.807, 2.05) is 32.0 Å². The van der Waals surface area contributed by atoms with E-state index < -0.39 is 11.9 Å². The Kier molecular flexibility index (Phi) is 5.62. The highest BCUT2D eigenvalue weighted by atomic mass is 35.5. The molecule has 0 spiro atoms. The molecule has 0 aliphatic heterocycles. The molecule has 0 bridgehead atoms. The Hall–Kier alpha value is -1.92. The van der Waals surface area contributed by atoms with E-state index in [-0.39, 0.29) is 11.6 Å². The van der Waals surface area contributed by atoms with Crippen molar-refractivity contribution in [3.63, 3.8) is 0 Å². The zero-order valence-corrected chi connectivity index (χ0v) is 15.2. The molecule has 1 atom stereocenters. The number of carbonyl (C=O) groups excluding carboxylic acids is 1. The molecule has 1 aromatic carbocycles. The van der Waals surface area contributed by atoms with Crippen molar-refractivity contribution in [1.29, 1.82) is 0 Å². The second kappa shape index (κ2) is 7.32. The summed E-state index contributed by atoms with van der Waals surface area (Å²) in [6.45, 7) is 5.37. The van der Waals surface area contributed by atoms with Gasteiger partial charge in [0, 0.05) is 12.1 Å². The SMILES string of the molecule is CON(C(=O)c1c(C)nn(C)c1F)C(C)Cc1ccc(C)cc1Cl. The monoisotopic (exact) mass is 353 g/mol. The fourth-order valence-electron chi connectivity index (χ4n) is 2.67. The molecule has 0 radical (unpaired) electrons. The van der Waals surface area contributed by atoms with Crippen LogP contribution in [-0.4, -0.2) is 33.9 Å². The van der Waals surface area contributed by atoms with E-state index in [2.05, 4.69) is 5.10 Å². The molecule has 0 aliphatic carbocycles. The van der Waals surface area contributed by atoms with E-state index >= 15 is 0 Å². The van der Waals surface area contributed by atoms with Crippen molar-refractivity contribution < 1.29 is 14.0 Å². The van der Waals surface area contributed by atoms with Crippen LogP contribution in [0, 0.1) is 19.8 Å². The summed E-state index contributed by atoms with van der Waals surface area (Å²) in [5.74, 6) is -1.24. The molecule has 130 valence electrons. The van der Waals surface area contributed by atoms with E-state index in [1.165, 1.54) is 14.2 Å². The number of hydrogen-bond acceptors (Lipinski definition) is 3. The average molecular weight is 354 g/mol. The van der Waals surface area contributed by atoms with Crippen molar-refractivity contribution >= 4 is 17.5 Å². The first-order valence-corrected chi connectivity index (χ1v) is 7.95. The maximum absolute atomic E-state index is 14.1. The average Bonchev–Trinajstić information content (AvgIpc) is 2.75. The van der Waals surface area contributed by atoms with Crippen LogP contribution >= 0.6 is 11.6 Å². The van der Waals surface area contributed by atoms with Crippen molar-refractivity contribution in [3.8, 4) is 0 Å². The third-order valence-electron chi connectivity index (χ3n) is 3.89. The van der Waals surface area contributed by atoms with Gasteiger partial charge in [0.15, 0.2) is 0 Å². The summed E-state index contributed by atoms with van der Waals surface area (Å²) >= 11 is 6.25. The van der Waals surface area contributed by atoms with Gasteiger partial charge in [0.2, 0.25) is 5.95 Å². The predicted molar refractivity (Wildman–Crippen MR) is 90.4 cm³/mol. The second-order valence-corrected chi connectivity index (χ2v) is 6.24. The standard InChI is InChI=1S/C17H21ClFN3O2/c1-10-6-7-13(14(18)8-10)9-11(2)22(24-5)17(23)15-12(3)20-21(4)16(15)19/h6-8,11H,9H2,1-5H3. The maximum atomic E-state index is 14.1. The van der Waals surface area contributed by atoms with Gasteiger partial charge in [0.05, 0.1) is 18.8 Å². The van der Waals surface area contributed by atoms with Gasteiger partial charge in [-0.25, -0.2) is 9.75 Å². The lowest BCUT2D eigenvalue weighted by Crippen LogP contribution is -2.39. The highest BCUT2D eigenvalue weighted by Crippen LogP contribution is 2.22. The molecule has 1 aromatic heterocycles. The Labute approximate surface area is 145 Å². The van der Waals surface area contributed by atoms with Crippen molar-refractivity contribution in [3.05, 3.63) is 51.6 Å². The first kappa shape index (κ1) is 18.4. The second-order valence-electron chi connectivity index (χ2n) is 5.84. The van der Waals surface area contributed by atoms with Gasteiger partial charge in [0.25, 0.3) is 5.91 Å². The minimum Gasteiger partial charge on any atom is -0.274 e. The number of hydrogen-bond donors (Lipinski definition) is 0. The fraction of sp³-hybridized carbons (Fsp3) is 0.412. The highest BCUT2D eigenvalue weighted by molar-refractivity contribution is 6.31. The molecule has 2 aromatic rings. The summed E-state index contributed by atoms with van der Waals surface area (Å²) < 4.78 is 15.2. The molecular weight excluding hydrogens is 333 g/mol. The Bertz CT molecular complexity index is 761. The number of hydroxylamine groups is 2. The number of aryl methyl sites for hydroxylation is 3. The van der Waals surface area contributed by atoms with E-state index in [1.54, 1.807) is 6.92 Å². The minimum atomic E-state index is -0.680. The van der Waals surface area contributed by atoms with Crippen LogP contribution in [-0.2, 0) is 18.3 Å². The lowest BCUT2D eigenvalue weighted by atomic mass is 10.0. The summed E-state index contributed by atoms with van der Waals surface area (Å²) in [4.78, 5) is 17.9. The van der Waals surface area contributed by atoms with Gasteiger partial charge in [-0.05, 0) is 44.4 Å². The maximum Gasteiger partial charge on any atom is 0.284 e. The minimum absolute atomic E-state index is 0.0822. The molecular formula is C17H21ClFN3O2. The van der Waals surface area contributed by atoms with Crippen LogP contribution in [0.25, 0.3) is 0 Å². The molecule has 1 heterocycles. The van der Waals surface area contributed by atoms with Gasteiger partial charge < -0.3 is 0 Å². The van der Waals surface area contributed by atoms with E-state index in [0.717, 1.165) is 20.9 Å². The molecule has 0 saturated heterocycles. The van der Waals surface area contributed by atoms with E-state index in [0.29, 0.717) is 17.1 Å². The number of halogens is 2. The smallest absolute Gasteiger partial charge is 0.274 e. The van der Waals surface area contributed by atoms with Crippen LogP contribution in [0.1, 0.15) is 34.1 Å². The molecule has 2 rings (SSSR count). The number of nitrogens with zero attached hydrogens (tertiary/aromatic N) is 3. The van der Waals surface area contributed by atoms with Gasteiger partial charge in [-0.3, -0.25) is 9.63 Å². The van der Waals surface area contributed by atoms with Crippen LogP contribution in [0.15, 0.2) is 18.2 Å². The molecule has 0 aliphatic rings. The molecule has 1 amide bonds. The third-order valence-corrected chi connectivity index (χ3v) is 4.24. The fourth-order valence-corrected chi connectivity index (χ4v) is 2.98. The van der Waals surface area contributed by atoms with E-state index in [9.17, 15) is 9.18 Å². The lowest BCUT2D eigenvalue weighted by molar-refractivity contribution is -0.119. The molecule has 1 unspecified atom stereocenters. The Morgan fingerprint density at radius 3 is 2.62 bits per heavy atom. The van der Waals surface area contributed by atoms with Gasteiger partial charge >= 0.3 is 0 Å². The number of benzene rings is 1. The van der Waals surface area contributed by atoms with Crippen molar-refractivity contribution in [2.75, 3.05) is 7.11 Å². The summed E-state index contributed by atoms with van der Waals surface area (Å²) in [5, 5.41) is 5.72. The number of carbonyl (C=O) groups is 1. The van der Waals surface area contributed by atoms with E-state index in [4.69, 9.17) is 16.4 Å². The Morgan fingerprint density at radius 2 is 2.12 bits per heavy atom. The molecule has 0 saturated carbocycles. The molecule has 5 nitrogen and oxygen atoms in total. The van der Waals surface area contributed by atoms with Gasteiger partial charge in [-0.2, -0.15) is 9.49 Å². The van der Waals surface area contributed by atoms with Crippen LogP contribution in [0.3, 0.4) is 0 Å². The molecule has 0 fully saturated rings. The number of aromatic nitrogens is 2. The highest BCUT2D eigenvalue weighted by Gasteiger charge is 2.29. The van der Waals surface area contributed by atoms with Crippen LogP contribution in [0.5, 0.6) is 0 Å². The first-order chi connectivity index (χ1) is 11.3. The molecule has 7 heteroatoms. The largest absolute Gasteiger partial charge is 0.284 e.